The summed E-state index contributed by atoms with van der Waals surface area (Å²) in [6.07, 6.45) is 5.91. The molecule has 4 heteroatoms. The number of rotatable bonds is 6. The minimum Gasteiger partial charge on any atom is -0.396 e. The van der Waals surface area contributed by atoms with Crippen molar-refractivity contribution in [1.29, 1.82) is 0 Å². The Balaban J connectivity index is 2.37. The van der Waals surface area contributed by atoms with Crippen molar-refractivity contribution in [3.63, 3.8) is 0 Å². The molecule has 1 amide bonds. The van der Waals surface area contributed by atoms with Crippen LogP contribution in [0.5, 0.6) is 0 Å². The van der Waals surface area contributed by atoms with E-state index in [1.54, 1.807) is 36.5 Å². The number of aromatic nitrogens is 1. The Kier molecular flexibility index (Phi) is 5.50. The van der Waals surface area contributed by atoms with Gasteiger partial charge in [0, 0.05) is 38.2 Å². The van der Waals surface area contributed by atoms with Gasteiger partial charge >= 0.3 is 0 Å². The molecule has 1 aromatic rings. The second-order valence-corrected chi connectivity index (χ2v) is 3.75. The van der Waals surface area contributed by atoms with Crippen LogP contribution in [0.4, 0.5) is 0 Å². The molecule has 1 rings (SSSR count). The van der Waals surface area contributed by atoms with Crippen LogP contribution in [-0.2, 0) is 0 Å². The Hall–Kier alpha value is -1.42. The van der Waals surface area contributed by atoms with E-state index in [0.717, 1.165) is 25.8 Å². The third-order valence-electron chi connectivity index (χ3n) is 2.43. The fourth-order valence-electron chi connectivity index (χ4n) is 1.45. The number of unbranched alkanes of at least 4 members (excludes halogenated alkanes) is 2. The van der Waals surface area contributed by atoms with Gasteiger partial charge in [0.2, 0.25) is 0 Å². The molecule has 0 aromatic carbocycles. The minimum absolute atomic E-state index is 0.0198. The Bertz CT molecular complexity index is 314. The number of nitrogens with zero attached hydrogens (tertiary/aromatic N) is 2. The summed E-state index contributed by atoms with van der Waals surface area (Å²) in [7, 11) is 1.79. The third kappa shape index (κ3) is 3.98. The van der Waals surface area contributed by atoms with E-state index in [9.17, 15) is 4.79 Å². The van der Waals surface area contributed by atoms with E-state index in [1.807, 2.05) is 0 Å². The quantitative estimate of drug-likeness (QED) is 0.738. The van der Waals surface area contributed by atoms with Crippen LogP contribution in [0, 0.1) is 0 Å². The van der Waals surface area contributed by atoms with Gasteiger partial charge in [-0.2, -0.15) is 0 Å². The molecule has 4 nitrogen and oxygen atoms in total. The van der Waals surface area contributed by atoms with Crippen molar-refractivity contribution in [2.45, 2.75) is 19.3 Å². The third-order valence-corrected chi connectivity index (χ3v) is 2.43. The number of aliphatic hydroxyl groups is 1. The van der Waals surface area contributed by atoms with Gasteiger partial charge < -0.3 is 10.0 Å². The van der Waals surface area contributed by atoms with Crippen molar-refractivity contribution >= 4 is 5.91 Å². The molecule has 1 N–H and O–H groups in total. The van der Waals surface area contributed by atoms with E-state index in [4.69, 9.17) is 5.11 Å². The molecule has 0 unspecified atom stereocenters. The summed E-state index contributed by atoms with van der Waals surface area (Å²) in [5.41, 5.74) is 0.666. The number of aliphatic hydroxyl groups excluding tert-OH is 1. The first-order valence-corrected chi connectivity index (χ1v) is 5.52. The zero-order valence-corrected chi connectivity index (χ0v) is 9.59. The largest absolute Gasteiger partial charge is 0.396 e. The van der Waals surface area contributed by atoms with E-state index in [1.165, 1.54) is 0 Å². The standard InChI is InChI=1S/C12H18N2O2/c1-14(9-3-2-4-10-15)12(16)11-5-7-13-8-6-11/h5-8,15H,2-4,9-10H2,1H3. The van der Waals surface area contributed by atoms with Crippen LogP contribution in [0.3, 0.4) is 0 Å². The topological polar surface area (TPSA) is 53.4 Å². The SMILES string of the molecule is CN(CCCCCO)C(=O)c1ccncc1. The highest BCUT2D eigenvalue weighted by molar-refractivity contribution is 5.93. The van der Waals surface area contributed by atoms with E-state index in [-0.39, 0.29) is 12.5 Å². The molecular formula is C12H18N2O2. The molecule has 0 saturated heterocycles. The number of hydrogen-bond donors (Lipinski definition) is 1. The first kappa shape index (κ1) is 12.6. The molecule has 0 bridgehead atoms. The molecule has 0 radical (unpaired) electrons. The van der Waals surface area contributed by atoms with Gasteiger partial charge in [0.25, 0.3) is 5.91 Å². The lowest BCUT2D eigenvalue weighted by molar-refractivity contribution is 0.0792. The van der Waals surface area contributed by atoms with Gasteiger partial charge in [-0.3, -0.25) is 9.78 Å². The Morgan fingerprint density at radius 2 is 2.00 bits per heavy atom. The predicted octanol–water partition coefficient (Wildman–Crippen LogP) is 1.32. The maximum atomic E-state index is 11.9. The molecule has 0 fully saturated rings. The second kappa shape index (κ2) is 6.95. The van der Waals surface area contributed by atoms with Crippen LogP contribution in [0.15, 0.2) is 24.5 Å². The van der Waals surface area contributed by atoms with Gasteiger partial charge in [-0.1, -0.05) is 0 Å². The van der Waals surface area contributed by atoms with Gasteiger partial charge in [0.15, 0.2) is 0 Å². The summed E-state index contributed by atoms with van der Waals surface area (Å²) in [5, 5.41) is 8.63. The van der Waals surface area contributed by atoms with Crippen LogP contribution in [0.1, 0.15) is 29.6 Å². The van der Waals surface area contributed by atoms with Gasteiger partial charge in [0.1, 0.15) is 0 Å². The average molecular weight is 222 g/mol. The summed E-state index contributed by atoms with van der Waals surface area (Å²) in [4.78, 5) is 17.4. The fraction of sp³-hybridized carbons (Fsp3) is 0.500. The Morgan fingerprint density at radius 1 is 1.31 bits per heavy atom. The predicted molar refractivity (Wildman–Crippen MR) is 62.1 cm³/mol. The van der Waals surface area contributed by atoms with Crippen molar-refractivity contribution in [2.75, 3.05) is 20.2 Å². The van der Waals surface area contributed by atoms with Gasteiger partial charge in [0.05, 0.1) is 0 Å². The highest BCUT2D eigenvalue weighted by atomic mass is 16.2. The van der Waals surface area contributed by atoms with Crippen molar-refractivity contribution in [3.05, 3.63) is 30.1 Å². The summed E-state index contributed by atoms with van der Waals surface area (Å²) in [5.74, 6) is 0.0198. The molecule has 0 spiro atoms. The molecule has 0 atom stereocenters. The van der Waals surface area contributed by atoms with Crippen LogP contribution >= 0.6 is 0 Å². The maximum Gasteiger partial charge on any atom is 0.253 e. The van der Waals surface area contributed by atoms with E-state index < -0.39 is 0 Å². The Morgan fingerprint density at radius 3 is 2.62 bits per heavy atom. The number of carbonyl (C=O) groups is 1. The molecule has 88 valence electrons. The molecule has 1 aromatic heterocycles. The van der Waals surface area contributed by atoms with Crippen LogP contribution < -0.4 is 0 Å². The van der Waals surface area contributed by atoms with E-state index >= 15 is 0 Å². The summed E-state index contributed by atoms with van der Waals surface area (Å²) in [6, 6.07) is 3.43. The minimum atomic E-state index is 0.0198. The zero-order chi connectivity index (χ0) is 11.8. The Labute approximate surface area is 95.9 Å². The summed E-state index contributed by atoms with van der Waals surface area (Å²) < 4.78 is 0. The lowest BCUT2D eigenvalue weighted by Crippen LogP contribution is -2.27. The van der Waals surface area contributed by atoms with Crippen molar-refractivity contribution in [2.24, 2.45) is 0 Å². The van der Waals surface area contributed by atoms with Crippen LogP contribution in [0.25, 0.3) is 0 Å². The van der Waals surface area contributed by atoms with Crippen molar-refractivity contribution in [1.82, 2.24) is 9.88 Å². The number of amides is 1. The van der Waals surface area contributed by atoms with Crippen LogP contribution in [-0.4, -0.2) is 41.1 Å². The molecular weight excluding hydrogens is 204 g/mol. The highest BCUT2D eigenvalue weighted by Crippen LogP contribution is 2.03. The van der Waals surface area contributed by atoms with Crippen molar-refractivity contribution in [3.8, 4) is 0 Å². The summed E-state index contributed by atoms with van der Waals surface area (Å²) in [6.45, 7) is 0.948. The fourth-order valence-corrected chi connectivity index (χ4v) is 1.45. The smallest absolute Gasteiger partial charge is 0.253 e. The zero-order valence-electron chi connectivity index (χ0n) is 9.59. The summed E-state index contributed by atoms with van der Waals surface area (Å²) >= 11 is 0. The lowest BCUT2D eigenvalue weighted by atomic mass is 10.2. The maximum absolute atomic E-state index is 11.9. The molecule has 0 aliphatic rings. The molecule has 0 saturated carbocycles. The monoisotopic (exact) mass is 222 g/mol. The first-order chi connectivity index (χ1) is 7.75. The van der Waals surface area contributed by atoms with E-state index in [0.29, 0.717) is 5.56 Å². The van der Waals surface area contributed by atoms with E-state index in [2.05, 4.69) is 4.98 Å². The average Bonchev–Trinajstić information content (AvgIpc) is 2.34. The van der Waals surface area contributed by atoms with Gasteiger partial charge in [-0.05, 0) is 31.4 Å². The number of hydrogen-bond acceptors (Lipinski definition) is 3. The first-order valence-electron chi connectivity index (χ1n) is 5.52. The number of pyridine rings is 1. The van der Waals surface area contributed by atoms with Crippen LogP contribution in [0.2, 0.25) is 0 Å². The molecule has 0 aliphatic heterocycles. The molecule has 0 aliphatic carbocycles. The molecule has 1 heterocycles. The van der Waals surface area contributed by atoms with Gasteiger partial charge in [-0.25, -0.2) is 0 Å². The highest BCUT2D eigenvalue weighted by Gasteiger charge is 2.09. The molecule has 16 heavy (non-hydrogen) atoms. The second-order valence-electron chi connectivity index (χ2n) is 3.75. The number of carbonyl (C=O) groups excluding carboxylic acids is 1. The van der Waals surface area contributed by atoms with Gasteiger partial charge in [-0.15, -0.1) is 0 Å². The normalized spacial score (nSPS) is 10.1. The van der Waals surface area contributed by atoms with Crippen molar-refractivity contribution < 1.29 is 9.90 Å². The lowest BCUT2D eigenvalue weighted by Gasteiger charge is -2.16.